The minimum atomic E-state index is -0.226. The zero-order chi connectivity index (χ0) is 10.6. The zero-order valence-electron chi connectivity index (χ0n) is 7.18. The normalized spacial score (nSPS) is 9.21. The standard InChI is InChI=1S/C10H7BrClNO/c1-2-3-10(14)13-9-6-7(12)4-5-8(9)11/h1,4-6H,3H2,(H,13,14). The topological polar surface area (TPSA) is 29.1 Å². The maximum Gasteiger partial charge on any atom is 0.236 e. The largest absolute Gasteiger partial charge is 0.324 e. The summed E-state index contributed by atoms with van der Waals surface area (Å²) in [6, 6.07) is 5.14. The van der Waals surface area contributed by atoms with Crippen LogP contribution >= 0.6 is 27.5 Å². The fourth-order valence-electron chi connectivity index (χ4n) is 0.880. The monoisotopic (exact) mass is 271 g/mol. The van der Waals surface area contributed by atoms with Gasteiger partial charge < -0.3 is 5.32 Å². The maximum absolute atomic E-state index is 11.2. The van der Waals surface area contributed by atoms with Gasteiger partial charge >= 0.3 is 0 Å². The molecule has 0 aliphatic rings. The van der Waals surface area contributed by atoms with Crippen molar-refractivity contribution in [2.45, 2.75) is 6.42 Å². The number of benzene rings is 1. The van der Waals surface area contributed by atoms with Gasteiger partial charge in [-0.3, -0.25) is 4.79 Å². The first-order valence-corrected chi connectivity index (χ1v) is 4.99. The smallest absolute Gasteiger partial charge is 0.236 e. The van der Waals surface area contributed by atoms with Gasteiger partial charge in [-0.25, -0.2) is 0 Å². The van der Waals surface area contributed by atoms with Crippen LogP contribution in [0.1, 0.15) is 6.42 Å². The second-order valence-corrected chi connectivity index (χ2v) is 3.84. The molecule has 0 heterocycles. The van der Waals surface area contributed by atoms with E-state index in [-0.39, 0.29) is 12.3 Å². The Balaban J connectivity index is 2.81. The summed E-state index contributed by atoms with van der Waals surface area (Å²) in [5.74, 6) is 2.04. The molecule has 72 valence electrons. The number of halogens is 2. The van der Waals surface area contributed by atoms with Crippen molar-refractivity contribution in [3.63, 3.8) is 0 Å². The van der Waals surface area contributed by atoms with E-state index in [4.69, 9.17) is 18.0 Å². The summed E-state index contributed by atoms with van der Waals surface area (Å²) in [4.78, 5) is 11.2. The molecule has 1 aromatic carbocycles. The van der Waals surface area contributed by atoms with Crippen LogP contribution < -0.4 is 5.32 Å². The third-order valence-electron chi connectivity index (χ3n) is 1.47. The van der Waals surface area contributed by atoms with Crippen LogP contribution in [0.2, 0.25) is 5.02 Å². The summed E-state index contributed by atoms with van der Waals surface area (Å²) in [5, 5.41) is 3.20. The zero-order valence-corrected chi connectivity index (χ0v) is 9.52. The molecule has 1 N–H and O–H groups in total. The van der Waals surface area contributed by atoms with Crippen LogP contribution in [-0.4, -0.2) is 5.91 Å². The van der Waals surface area contributed by atoms with E-state index in [1.165, 1.54) is 0 Å². The number of hydrogen-bond donors (Lipinski definition) is 1. The van der Waals surface area contributed by atoms with E-state index in [0.29, 0.717) is 10.7 Å². The lowest BCUT2D eigenvalue weighted by molar-refractivity contribution is -0.115. The van der Waals surface area contributed by atoms with Crippen LogP contribution in [0.3, 0.4) is 0 Å². The second-order valence-electron chi connectivity index (χ2n) is 2.55. The van der Waals surface area contributed by atoms with Gasteiger partial charge in [-0.05, 0) is 34.1 Å². The highest BCUT2D eigenvalue weighted by molar-refractivity contribution is 9.10. The molecule has 0 aliphatic heterocycles. The third kappa shape index (κ3) is 3.06. The molecule has 14 heavy (non-hydrogen) atoms. The van der Waals surface area contributed by atoms with Crippen LogP contribution in [0.15, 0.2) is 22.7 Å². The van der Waals surface area contributed by atoms with E-state index >= 15 is 0 Å². The lowest BCUT2D eigenvalue weighted by atomic mass is 10.3. The minimum absolute atomic E-state index is 0.0545. The van der Waals surface area contributed by atoms with Crippen molar-refractivity contribution in [1.82, 2.24) is 0 Å². The molecule has 0 spiro atoms. The van der Waals surface area contributed by atoms with Crippen molar-refractivity contribution >= 4 is 39.1 Å². The average Bonchev–Trinajstić information content (AvgIpc) is 2.12. The van der Waals surface area contributed by atoms with Crippen LogP contribution in [0.5, 0.6) is 0 Å². The molecule has 1 amide bonds. The molecule has 1 rings (SSSR count). The number of hydrogen-bond acceptors (Lipinski definition) is 1. The van der Waals surface area contributed by atoms with E-state index < -0.39 is 0 Å². The van der Waals surface area contributed by atoms with Gasteiger partial charge in [-0.1, -0.05) is 17.5 Å². The van der Waals surface area contributed by atoms with Gasteiger partial charge in [-0.2, -0.15) is 0 Å². The van der Waals surface area contributed by atoms with Crippen molar-refractivity contribution < 1.29 is 4.79 Å². The number of amides is 1. The molecule has 0 bridgehead atoms. The Labute approximate surface area is 95.8 Å². The molecule has 0 fully saturated rings. The SMILES string of the molecule is C#CCC(=O)Nc1cc(Cl)ccc1Br. The van der Waals surface area contributed by atoms with Crippen LogP contribution in [0, 0.1) is 12.3 Å². The first kappa shape index (κ1) is 11.1. The summed E-state index contributed by atoms with van der Waals surface area (Å²) < 4.78 is 0.771. The van der Waals surface area contributed by atoms with Crippen molar-refractivity contribution in [2.24, 2.45) is 0 Å². The molecule has 4 heteroatoms. The molecule has 0 atom stereocenters. The average molecular weight is 273 g/mol. The molecule has 0 saturated carbocycles. The number of rotatable bonds is 2. The Kier molecular flexibility index (Phi) is 3.99. The van der Waals surface area contributed by atoms with Gasteiger partial charge in [0.25, 0.3) is 0 Å². The van der Waals surface area contributed by atoms with Crippen LogP contribution in [-0.2, 0) is 4.79 Å². The molecule has 2 nitrogen and oxygen atoms in total. The Morgan fingerprint density at radius 3 is 3.00 bits per heavy atom. The van der Waals surface area contributed by atoms with Crippen LogP contribution in [0.4, 0.5) is 5.69 Å². The van der Waals surface area contributed by atoms with E-state index in [1.807, 2.05) is 0 Å². The minimum Gasteiger partial charge on any atom is -0.324 e. The van der Waals surface area contributed by atoms with Gasteiger partial charge in [0.15, 0.2) is 0 Å². The summed E-state index contributed by atoms with van der Waals surface area (Å²) in [5.41, 5.74) is 0.623. The van der Waals surface area contributed by atoms with Crippen LogP contribution in [0.25, 0.3) is 0 Å². The van der Waals surface area contributed by atoms with Crippen molar-refractivity contribution in [3.8, 4) is 12.3 Å². The Morgan fingerprint density at radius 1 is 1.64 bits per heavy atom. The molecule has 0 saturated heterocycles. The van der Waals surface area contributed by atoms with Crippen molar-refractivity contribution in [1.29, 1.82) is 0 Å². The van der Waals surface area contributed by atoms with Gasteiger partial charge in [-0.15, -0.1) is 6.42 Å². The highest BCUT2D eigenvalue weighted by atomic mass is 79.9. The number of carbonyl (C=O) groups excluding carboxylic acids is 1. The summed E-state index contributed by atoms with van der Waals surface area (Å²) in [6.07, 6.45) is 5.06. The molecule has 0 unspecified atom stereocenters. The Hall–Kier alpha value is -0.980. The Morgan fingerprint density at radius 2 is 2.36 bits per heavy atom. The van der Waals surface area contributed by atoms with Gasteiger partial charge in [0.1, 0.15) is 0 Å². The highest BCUT2D eigenvalue weighted by Gasteiger charge is 2.04. The molecule has 0 aromatic heterocycles. The second kappa shape index (κ2) is 5.04. The Bertz CT molecular complexity index is 398. The first-order chi connectivity index (χ1) is 6.63. The predicted octanol–water partition coefficient (Wildman–Crippen LogP) is 3.06. The summed E-state index contributed by atoms with van der Waals surface area (Å²) >= 11 is 9.05. The third-order valence-corrected chi connectivity index (χ3v) is 2.39. The molecule has 0 radical (unpaired) electrons. The summed E-state index contributed by atoms with van der Waals surface area (Å²) in [6.45, 7) is 0. The van der Waals surface area contributed by atoms with Gasteiger partial charge in [0, 0.05) is 9.50 Å². The highest BCUT2D eigenvalue weighted by Crippen LogP contribution is 2.25. The molecule has 0 aliphatic carbocycles. The molecular weight excluding hydrogens is 265 g/mol. The summed E-state index contributed by atoms with van der Waals surface area (Å²) in [7, 11) is 0. The lowest BCUT2D eigenvalue weighted by Gasteiger charge is -2.05. The van der Waals surface area contributed by atoms with E-state index in [1.54, 1.807) is 18.2 Å². The molecule has 1 aromatic rings. The molecular formula is C10H7BrClNO. The maximum atomic E-state index is 11.2. The number of anilines is 1. The first-order valence-electron chi connectivity index (χ1n) is 3.82. The van der Waals surface area contributed by atoms with E-state index in [9.17, 15) is 4.79 Å². The van der Waals surface area contributed by atoms with Gasteiger partial charge in [0.05, 0.1) is 12.1 Å². The fraction of sp³-hybridized carbons (Fsp3) is 0.100. The quantitative estimate of drug-likeness (QED) is 0.824. The van der Waals surface area contributed by atoms with Crippen molar-refractivity contribution in [3.05, 3.63) is 27.7 Å². The van der Waals surface area contributed by atoms with Crippen molar-refractivity contribution in [2.75, 3.05) is 5.32 Å². The lowest BCUT2D eigenvalue weighted by Crippen LogP contribution is -2.10. The number of terminal acetylenes is 1. The number of carbonyl (C=O) groups is 1. The van der Waals surface area contributed by atoms with Gasteiger partial charge in [0.2, 0.25) is 5.91 Å². The number of nitrogens with one attached hydrogen (secondary N) is 1. The predicted molar refractivity (Wildman–Crippen MR) is 61.2 cm³/mol. The van der Waals surface area contributed by atoms with E-state index in [2.05, 4.69) is 27.2 Å². The van der Waals surface area contributed by atoms with E-state index in [0.717, 1.165) is 4.47 Å². The fourth-order valence-corrected chi connectivity index (χ4v) is 1.40.